The molecule has 5 rings (SSSR count). The Morgan fingerprint density at radius 2 is 0.562 bits per heavy atom. The van der Waals surface area contributed by atoms with Crippen molar-refractivity contribution in [2.75, 3.05) is 180 Å². The highest BCUT2D eigenvalue weighted by molar-refractivity contribution is 5.07. The van der Waals surface area contributed by atoms with Gasteiger partial charge in [-0.25, -0.2) is 0 Å². The standard InChI is InChI=1S/C47H86O26/c1-48-18-27-32(54-7)37(59-12)38(60-13)43(68-27)73-47(42(64-17)36(58-11)31(72-47)22-52-5)26-67-46(41(63-16)35(57-10)30(71-46)21-51-4)25-66-45(40(62-15)34(56-9)29(70-45)20-50-3)24-65-44(23-53-6)39(61-14)33(55-8)28(69-44)19-49-2/h27-43H,18-26H2,1-17H3/t27-,28-,29-,30-,31-,32-,33-,34-,35-,36-,37+,38-,39+,40+,41+,42+,43-,44-,45-,46-,47+/m1/s1. The van der Waals surface area contributed by atoms with Crippen LogP contribution in [0, 0.1) is 0 Å². The SMILES string of the molecule is COC[C@H]1O[C@@](COC)(OC[C@@]2(OC[C@@]3(OC[C@@]4(O[C@H]5O[C@H](COC)[C@@H](OC)[C@H](OC)[C@H]5OC)O[C@H](COC)[C@@H](OC)[C@@H]4OC)O[C@H](COC)[C@@H](OC)[C@@H]3OC)O[C@H](COC)[C@@H](OC)[C@@H]2OC)[C@@H](OC)[C@@H]1OC. The second-order valence-corrected chi connectivity index (χ2v) is 18.1. The van der Waals surface area contributed by atoms with Gasteiger partial charge >= 0.3 is 0 Å². The normalized spacial score (nSPS) is 42.9. The second-order valence-electron chi connectivity index (χ2n) is 18.1. The van der Waals surface area contributed by atoms with Crippen LogP contribution in [0.15, 0.2) is 0 Å². The van der Waals surface area contributed by atoms with E-state index in [-0.39, 0.29) is 39.6 Å². The Balaban J connectivity index is 1.65. The summed E-state index contributed by atoms with van der Waals surface area (Å²) < 4.78 is 163. The molecule has 5 aliphatic rings. The molecule has 0 spiro atoms. The third-order valence-corrected chi connectivity index (χ3v) is 14.2. The van der Waals surface area contributed by atoms with Gasteiger partial charge in [0.15, 0.2) is 6.29 Å². The average molecular weight is 1070 g/mol. The fraction of sp³-hybridized carbons (Fsp3) is 1.00. The molecule has 0 saturated carbocycles. The van der Waals surface area contributed by atoms with Gasteiger partial charge in [0.25, 0.3) is 0 Å². The van der Waals surface area contributed by atoms with E-state index in [4.69, 9.17) is 123 Å². The molecule has 0 bridgehead atoms. The molecule has 0 unspecified atom stereocenters. The maximum atomic E-state index is 7.16. The van der Waals surface area contributed by atoms with Crippen molar-refractivity contribution in [2.45, 2.75) is 127 Å². The van der Waals surface area contributed by atoms with E-state index < -0.39 is 147 Å². The van der Waals surface area contributed by atoms with E-state index in [2.05, 4.69) is 0 Å². The maximum Gasteiger partial charge on any atom is 0.224 e. The van der Waals surface area contributed by atoms with Crippen molar-refractivity contribution in [2.24, 2.45) is 0 Å². The molecule has 0 aliphatic carbocycles. The van der Waals surface area contributed by atoms with Crippen LogP contribution in [0.3, 0.4) is 0 Å². The molecule has 0 aromatic rings. The lowest BCUT2D eigenvalue weighted by Gasteiger charge is -2.48. The van der Waals surface area contributed by atoms with Gasteiger partial charge in [-0.3, -0.25) is 0 Å². The van der Waals surface area contributed by atoms with Crippen LogP contribution in [-0.2, 0) is 123 Å². The van der Waals surface area contributed by atoms with Crippen molar-refractivity contribution in [3.05, 3.63) is 0 Å². The molecule has 5 heterocycles. The van der Waals surface area contributed by atoms with Gasteiger partial charge in [-0.2, -0.15) is 0 Å². The highest BCUT2D eigenvalue weighted by Crippen LogP contribution is 2.47. The quantitative estimate of drug-likeness (QED) is 0.0767. The van der Waals surface area contributed by atoms with Gasteiger partial charge in [0.2, 0.25) is 23.1 Å². The van der Waals surface area contributed by atoms with Crippen LogP contribution in [0.1, 0.15) is 0 Å². The average Bonchev–Trinajstić information content (AvgIpc) is 4.07. The van der Waals surface area contributed by atoms with Crippen LogP contribution >= 0.6 is 0 Å². The Bertz CT molecular complexity index is 1560. The number of hydrogen-bond acceptors (Lipinski definition) is 26. The molecule has 73 heavy (non-hydrogen) atoms. The van der Waals surface area contributed by atoms with Crippen LogP contribution in [0.25, 0.3) is 0 Å². The third-order valence-electron chi connectivity index (χ3n) is 14.2. The van der Waals surface area contributed by atoms with E-state index >= 15 is 0 Å². The highest BCUT2D eigenvalue weighted by atomic mass is 16.9. The summed E-state index contributed by atoms with van der Waals surface area (Å²) in [5.74, 6) is -7.32. The lowest BCUT2D eigenvalue weighted by molar-refractivity contribution is -0.410. The smallest absolute Gasteiger partial charge is 0.224 e. The molecule has 430 valence electrons. The molecule has 0 radical (unpaired) electrons. The molecule has 26 nitrogen and oxygen atoms in total. The Morgan fingerprint density at radius 3 is 0.863 bits per heavy atom. The van der Waals surface area contributed by atoms with Gasteiger partial charge in [0.05, 0.1) is 33.0 Å². The minimum absolute atomic E-state index is 0.0427. The molecule has 5 aliphatic heterocycles. The van der Waals surface area contributed by atoms with E-state index in [0.29, 0.717) is 0 Å². The molecule has 26 heteroatoms. The van der Waals surface area contributed by atoms with Crippen LogP contribution in [0.5, 0.6) is 0 Å². The Morgan fingerprint density at radius 1 is 0.274 bits per heavy atom. The van der Waals surface area contributed by atoms with Crippen molar-refractivity contribution in [1.29, 1.82) is 0 Å². The van der Waals surface area contributed by atoms with Gasteiger partial charge in [-0.1, -0.05) is 0 Å². The maximum absolute atomic E-state index is 7.16. The fourth-order valence-electron chi connectivity index (χ4n) is 11.1. The summed E-state index contributed by atoms with van der Waals surface area (Å²) in [6, 6.07) is 0. The molecular weight excluding hydrogens is 980 g/mol. The summed E-state index contributed by atoms with van der Waals surface area (Å²) in [7, 11) is 25.9. The van der Waals surface area contributed by atoms with Crippen LogP contribution in [0.2, 0.25) is 0 Å². The zero-order valence-electron chi connectivity index (χ0n) is 45.8. The third kappa shape index (κ3) is 12.9. The zero-order chi connectivity index (χ0) is 53.6. The van der Waals surface area contributed by atoms with E-state index in [0.717, 1.165) is 0 Å². The van der Waals surface area contributed by atoms with E-state index in [1.165, 1.54) is 92.4 Å². The molecule has 0 amide bonds. The topological polar surface area (TPSA) is 240 Å². The number of hydrogen-bond donors (Lipinski definition) is 0. The van der Waals surface area contributed by atoms with E-state index in [1.54, 1.807) is 28.4 Å². The van der Waals surface area contributed by atoms with Crippen LogP contribution in [-0.4, -0.2) is 307 Å². The van der Waals surface area contributed by atoms with Crippen molar-refractivity contribution >= 4 is 0 Å². The first kappa shape index (κ1) is 62.8. The summed E-state index contributed by atoms with van der Waals surface area (Å²) in [5, 5.41) is 0. The minimum atomic E-state index is -1.94. The predicted octanol–water partition coefficient (Wildman–Crippen LogP) is -0.799. The van der Waals surface area contributed by atoms with Crippen LogP contribution < -0.4 is 0 Å². The molecule has 5 fully saturated rings. The largest absolute Gasteiger partial charge is 0.382 e. The van der Waals surface area contributed by atoms with Crippen molar-refractivity contribution in [3.63, 3.8) is 0 Å². The predicted molar refractivity (Wildman–Crippen MR) is 248 cm³/mol. The first-order chi connectivity index (χ1) is 35.3. The van der Waals surface area contributed by atoms with Gasteiger partial charge in [0, 0.05) is 121 Å². The first-order valence-corrected chi connectivity index (χ1v) is 24.0. The molecule has 0 N–H and O–H groups in total. The summed E-state index contributed by atoms with van der Waals surface area (Å²) in [4.78, 5) is 0. The molecule has 21 atom stereocenters. The van der Waals surface area contributed by atoms with Crippen molar-refractivity contribution in [1.82, 2.24) is 0 Å². The summed E-state index contributed by atoms with van der Waals surface area (Å²) in [6.07, 6.45) is -14.1. The monoisotopic (exact) mass is 1070 g/mol. The molecule has 0 aromatic heterocycles. The Kier molecular flexibility index (Phi) is 25.2. The van der Waals surface area contributed by atoms with E-state index in [9.17, 15) is 0 Å². The summed E-state index contributed by atoms with van der Waals surface area (Å²) in [6.45, 7) is -1.04. The Labute approximate surface area is 429 Å². The molecular formula is C47H86O26. The summed E-state index contributed by atoms with van der Waals surface area (Å²) >= 11 is 0. The van der Waals surface area contributed by atoms with Crippen molar-refractivity contribution in [3.8, 4) is 0 Å². The minimum Gasteiger partial charge on any atom is -0.382 e. The zero-order valence-corrected chi connectivity index (χ0v) is 45.8. The number of methoxy groups -OCH3 is 17. The lowest BCUT2D eigenvalue weighted by atomic mass is 9.98. The van der Waals surface area contributed by atoms with Gasteiger partial charge in [-0.15, -0.1) is 0 Å². The van der Waals surface area contributed by atoms with Crippen molar-refractivity contribution < 1.29 is 123 Å². The number of rotatable bonds is 34. The van der Waals surface area contributed by atoms with Gasteiger partial charge in [0.1, 0.15) is 124 Å². The first-order valence-electron chi connectivity index (χ1n) is 24.0. The Hall–Kier alpha value is -1.04. The molecule has 5 saturated heterocycles. The van der Waals surface area contributed by atoms with Crippen LogP contribution in [0.4, 0.5) is 0 Å². The second kappa shape index (κ2) is 29.3. The highest BCUT2D eigenvalue weighted by Gasteiger charge is 2.67. The van der Waals surface area contributed by atoms with Gasteiger partial charge in [-0.05, 0) is 0 Å². The summed E-state index contributed by atoms with van der Waals surface area (Å²) in [5.41, 5.74) is 0. The molecule has 0 aromatic carbocycles. The van der Waals surface area contributed by atoms with Gasteiger partial charge < -0.3 is 123 Å². The fourth-order valence-corrected chi connectivity index (χ4v) is 11.1. The van der Waals surface area contributed by atoms with E-state index in [1.807, 2.05) is 0 Å². The number of ether oxygens (including phenoxy) is 26. The lowest BCUT2D eigenvalue weighted by Crippen LogP contribution is -2.65.